The van der Waals surface area contributed by atoms with Gasteiger partial charge in [-0.2, -0.15) is 0 Å². The van der Waals surface area contributed by atoms with Crippen LogP contribution in [0.1, 0.15) is 57.3 Å². The molecule has 1 aliphatic heterocycles. The summed E-state index contributed by atoms with van der Waals surface area (Å²) in [5.74, 6) is 0.168. The molecule has 0 aromatic heterocycles. The zero-order chi connectivity index (χ0) is 22.3. The van der Waals surface area contributed by atoms with Crippen molar-refractivity contribution in [3.63, 3.8) is 0 Å². The van der Waals surface area contributed by atoms with Crippen molar-refractivity contribution in [3.05, 3.63) is 34.3 Å². The largest absolute Gasteiger partial charge is 0.344 e. The molecule has 2 rings (SSSR count). The number of hydrogen-bond acceptors (Lipinski definition) is 3. The molecule has 1 N–H and O–H groups in total. The van der Waals surface area contributed by atoms with Gasteiger partial charge in [0.2, 0.25) is 11.8 Å². The minimum absolute atomic E-state index is 0.00483. The lowest BCUT2D eigenvalue weighted by Gasteiger charge is -2.37. The molecular formula is C23H34BrN3O3. The quantitative estimate of drug-likeness (QED) is 0.617. The number of piperidine rings is 1. The number of hydrogen-bond donors (Lipinski definition) is 1. The van der Waals surface area contributed by atoms with Gasteiger partial charge in [-0.25, -0.2) is 0 Å². The number of rotatable bonds is 8. The molecule has 1 aromatic rings. The number of carbonyl (C=O) groups excluding carboxylic acids is 3. The van der Waals surface area contributed by atoms with E-state index >= 15 is 0 Å². The molecule has 1 aromatic carbocycles. The van der Waals surface area contributed by atoms with Crippen LogP contribution in [0.15, 0.2) is 28.7 Å². The van der Waals surface area contributed by atoms with E-state index in [1.165, 1.54) is 0 Å². The second-order valence-corrected chi connectivity index (χ2v) is 9.21. The van der Waals surface area contributed by atoms with E-state index in [4.69, 9.17) is 0 Å². The summed E-state index contributed by atoms with van der Waals surface area (Å²) in [6.07, 6.45) is 1.79. The van der Waals surface area contributed by atoms with Crippen molar-refractivity contribution in [2.24, 2.45) is 11.8 Å². The predicted molar refractivity (Wildman–Crippen MR) is 122 cm³/mol. The minimum atomic E-state index is -0.528. The zero-order valence-electron chi connectivity index (χ0n) is 18.5. The smallest absolute Gasteiger partial charge is 0.253 e. The second-order valence-electron chi connectivity index (χ2n) is 8.29. The highest BCUT2D eigenvalue weighted by Crippen LogP contribution is 2.24. The Balaban J connectivity index is 2.08. The van der Waals surface area contributed by atoms with Gasteiger partial charge >= 0.3 is 0 Å². The monoisotopic (exact) mass is 479 g/mol. The molecular weight excluding hydrogens is 446 g/mol. The molecule has 0 radical (unpaired) electrons. The van der Waals surface area contributed by atoms with Gasteiger partial charge in [0.25, 0.3) is 5.91 Å². The van der Waals surface area contributed by atoms with Gasteiger partial charge in [-0.1, -0.05) is 35.8 Å². The molecule has 166 valence electrons. The number of nitrogens with one attached hydrogen (secondary N) is 1. The minimum Gasteiger partial charge on any atom is -0.344 e. The van der Waals surface area contributed by atoms with E-state index in [1.807, 2.05) is 56.9 Å². The first-order valence-electron chi connectivity index (χ1n) is 10.9. The maximum atomic E-state index is 13.1. The molecule has 3 amide bonds. The fourth-order valence-electron chi connectivity index (χ4n) is 3.96. The van der Waals surface area contributed by atoms with Gasteiger partial charge in [0.05, 0.1) is 0 Å². The number of benzene rings is 1. The number of likely N-dealkylation sites (tertiary alicyclic amines) is 1. The fraction of sp³-hybridized carbons (Fsp3) is 0.609. The lowest BCUT2D eigenvalue weighted by atomic mass is 9.87. The Hall–Kier alpha value is -1.89. The van der Waals surface area contributed by atoms with Gasteiger partial charge in [-0.15, -0.1) is 0 Å². The molecule has 1 heterocycles. The highest BCUT2D eigenvalue weighted by molar-refractivity contribution is 9.10. The summed E-state index contributed by atoms with van der Waals surface area (Å²) < 4.78 is 0.876. The standard InChI is InChI=1S/C23H34BrN3O3/c1-5-26(6-2)23(30)21(25-20(28)14-16(3)4)17-10-12-27(13-11-17)22(29)18-8-7-9-19(24)15-18/h7-9,15-17,21H,5-6,10-14H2,1-4H3,(H,25,28)/t21-/m1/s1. The second kappa shape index (κ2) is 11.5. The number of amides is 3. The van der Waals surface area contributed by atoms with Gasteiger partial charge < -0.3 is 15.1 Å². The Morgan fingerprint density at radius 3 is 2.33 bits per heavy atom. The number of carbonyl (C=O) groups is 3. The van der Waals surface area contributed by atoms with Crippen LogP contribution in [0.2, 0.25) is 0 Å². The van der Waals surface area contributed by atoms with Gasteiger partial charge in [-0.05, 0) is 56.7 Å². The van der Waals surface area contributed by atoms with E-state index in [0.29, 0.717) is 51.0 Å². The van der Waals surface area contributed by atoms with Crippen LogP contribution in [-0.2, 0) is 9.59 Å². The van der Waals surface area contributed by atoms with Crippen LogP contribution in [0.3, 0.4) is 0 Å². The summed E-state index contributed by atoms with van der Waals surface area (Å²) in [7, 11) is 0. The highest BCUT2D eigenvalue weighted by atomic mass is 79.9. The van der Waals surface area contributed by atoms with Crippen LogP contribution in [0, 0.1) is 11.8 Å². The topological polar surface area (TPSA) is 69.7 Å². The molecule has 1 saturated heterocycles. The molecule has 0 spiro atoms. The van der Waals surface area contributed by atoms with E-state index in [2.05, 4.69) is 21.2 Å². The number of halogens is 1. The molecule has 0 saturated carbocycles. The van der Waals surface area contributed by atoms with E-state index in [9.17, 15) is 14.4 Å². The van der Waals surface area contributed by atoms with Crippen molar-refractivity contribution in [1.29, 1.82) is 0 Å². The molecule has 6 nitrogen and oxygen atoms in total. The molecule has 1 fully saturated rings. The van der Waals surface area contributed by atoms with Crippen molar-refractivity contribution in [2.75, 3.05) is 26.2 Å². The number of nitrogens with zero attached hydrogens (tertiary/aromatic N) is 2. The third-order valence-corrected chi connectivity index (χ3v) is 6.11. The molecule has 0 aliphatic carbocycles. The number of likely N-dealkylation sites (N-methyl/N-ethyl adjacent to an activating group) is 1. The Morgan fingerprint density at radius 1 is 1.17 bits per heavy atom. The molecule has 0 unspecified atom stereocenters. The molecule has 0 bridgehead atoms. The van der Waals surface area contributed by atoms with Crippen LogP contribution < -0.4 is 5.32 Å². The van der Waals surface area contributed by atoms with Crippen molar-refractivity contribution < 1.29 is 14.4 Å². The van der Waals surface area contributed by atoms with Crippen molar-refractivity contribution in [1.82, 2.24) is 15.1 Å². The third kappa shape index (κ3) is 6.56. The Morgan fingerprint density at radius 2 is 1.80 bits per heavy atom. The average molecular weight is 480 g/mol. The molecule has 7 heteroatoms. The maximum absolute atomic E-state index is 13.1. The zero-order valence-corrected chi connectivity index (χ0v) is 20.1. The van der Waals surface area contributed by atoms with Crippen molar-refractivity contribution in [2.45, 2.75) is 53.0 Å². The van der Waals surface area contributed by atoms with Crippen LogP contribution in [0.25, 0.3) is 0 Å². The van der Waals surface area contributed by atoms with Gasteiger partial charge in [-0.3, -0.25) is 14.4 Å². The average Bonchev–Trinajstić information content (AvgIpc) is 2.72. The lowest BCUT2D eigenvalue weighted by Crippen LogP contribution is -2.54. The maximum Gasteiger partial charge on any atom is 0.253 e. The van der Waals surface area contributed by atoms with Crippen LogP contribution >= 0.6 is 15.9 Å². The summed E-state index contributed by atoms with van der Waals surface area (Å²) >= 11 is 3.41. The van der Waals surface area contributed by atoms with Gasteiger partial charge in [0.1, 0.15) is 6.04 Å². The summed E-state index contributed by atoms with van der Waals surface area (Å²) in [6.45, 7) is 10.3. The first-order valence-corrected chi connectivity index (χ1v) is 11.7. The predicted octanol–water partition coefficient (Wildman–Crippen LogP) is 3.70. The van der Waals surface area contributed by atoms with Crippen LogP contribution in [0.5, 0.6) is 0 Å². The SMILES string of the molecule is CCN(CC)C(=O)[C@H](NC(=O)CC(C)C)C1CCN(C(=O)c2cccc(Br)c2)CC1. The van der Waals surface area contributed by atoms with E-state index in [0.717, 1.165) is 4.47 Å². The summed E-state index contributed by atoms with van der Waals surface area (Å²) in [6, 6.07) is 6.87. The molecule has 1 aliphatic rings. The lowest BCUT2D eigenvalue weighted by molar-refractivity contribution is -0.138. The Labute approximate surface area is 188 Å². The first kappa shape index (κ1) is 24.4. The van der Waals surface area contributed by atoms with E-state index in [-0.39, 0.29) is 29.6 Å². The third-order valence-electron chi connectivity index (χ3n) is 5.62. The van der Waals surface area contributed by atoms with Gasteiger partial charge in [0.15, 0.2) is 0 Å². The van der Waals surface area contributed by atoms with E-state index in [1.54, 1.807) is 4.90 Å². The highest BCUT2D eigenvalue weighted by Gasteiger charge is 2.35. The first-order chi connectivity index (χ1) is 14.3. The normalized spacial score (nSPS) is 15.7. The van der Waals surface area contributed by atoms with Crippen LogP contribution in [0.4, 0.5) is 0 Å². The van der Waals surface area contributed by atoms with Crippen molar-refractivity contribution >= 4 is 33.7 Å². The summed E-state index contributed by atoms with van der Waals surface area (Å²) in [4.78, 5) is 42.0. The Bertz CT molecular complexity index is 741. The van der Waals surface area contributed by atoms with Gasteiger partial charge in [0, 0.05) is 42.6 Å². The Kier molecular flexibility index (Phi) is 9.34. The molecule has 30 heavy (non-hydrogen) atoms. The van der Waals surface area contributed by atoms with Crippen LogP contribution in [-0.4, -0.2) is 59.7 Å². The fourth-order valence-corrected chi connectivity index (χ4v) is 4.36. The van der Waals surface area contributed by atoms with E-state index < -0.39 is 6.04 Å². The summed E-state index contributed by atoms with van der Waals surface area (Å²) in [5.41, 5.74) is 0.656. The summed E-state index contributed by atoms with van der Waals surface area (Å²) in [5, 5.41) is 3.01. The van der Waals surface area contributed by atoms with Crippen molar-refractivity contribution in [3.8, 4) is 0 Å². The molecule has 1 atom stereocenters.